The molecule has 5 nitrogen and oxygen atoms in total. The highest BCUT2D eigenvalue weighted by Crippen LogP contribution is 2.30. The maximum Gasteiger partial charge on any atom is 0.416 e. The molecular weight excluding hydrogens is 349 g/mol. The van der Waals surface area contributed by atoms with Crippen molar-refractivity contribution in [2.45, 2.75) is 20.0 Å². The molecule has 2 aromatic rings. The third-order valence-electron chi connectivity index (χ3n) is 3.03. The van der Waals surface area contributed by atoms with Crippen LogP contribution in [0.1, 0.15) is 32.6 Å². The number of carbonyl (C=O) groups is 2. The Balaban J connectivity index is 0. The van der Waals surface area contributed by atoms with E-state index in [1.54, 1.807) is 12.1 Å². The highest BCUT2D eigenvalue weighted by Gasteiger charge is 2.30. The van der Waals surface area contributed by atoms with Crippen molar-refractivity contribution in [3.05, 3.63) is 59.7 Å². The second kappa shape index (κ2) is 9.45. The molecule has 2 rings (SSSR count). The van der Waals surface area contributed by atoms with Gasteiger partial charge in [0.05, 0.1) is 23.9 Å². The normalized spacial score (nSPS) is 10.2. The minimum absolute atomic E-state index is 0. The molecule has 0 aromatic heterocycles. The minimum Gasteiger partial charge on any atom is -0.465 e. The van der Waals surface area contributed by atoms with Gasteiger partial charge in [0.2, 0.25) is 0 Å². The standard InChI is InChI=1S/C16H13F3N2O3.C2H6.2H2/c1-24-14(22)12-7-2-3-8-13(12)21-15(23)20-11-6-4-5-10(9-11)16(17,18)19;1-2;;/h2-9H,1H3,(H2,20,21,23);1-2H3;2*1H. The summed E-state index contributed by atoms with van der Waals surface area (Å²) in [6.07, 6.45) is -4.51. The SMILES string of the molecule is CC.COC(=O)c1ccccc1NC(=O)Nc1cccc(C(F)(F)F)c1.[HH].[HH]. The Bertz CT molecular complexity index is 772. The first-order chi connectivity index (χ1) is 12.3. The predicted octanol–water partition coefficient (Wildman–Crippen LogP) is 5.65. The molecule has 0 aliphatic carbocycles. The lowest BCUT2D eigenvalue weighted by atomic mass is 10.2. The average Bonchev–Trinajstić information content (AvgIpc) is 2.62. The van der Waals surface area contributed by atoms with Gasteiger partial charge in [0.25, 0.3) is 0 Å². The molecule has 0 saturated carbocycles. The number of nitrogens with one attached hydrogen (secondary N) is 2. The molecule has 0 atom stereocenters. The molecule has 0 bridgehead atoms. The smallest absolute Gasteiger partial charge is 0.416 e. The van der Waals surface area contributed by atoms with Gasteiger partial charge >= 0.3 is 18.2 Å². The third kappa shape index (κ3) is 5.80. The molecule has 0 aliphatic rings. The number of anilines is 2. The first kappa shape index (κ1) is 21.0. The maximum atomic E-state index is 12.7. The largest absolute Gasteiger partial charge is 0.465 e. The van der Waals surface area contributed by atoms with Crippen LogP contribution in [-0.4, -0.2) is 19.1 Å². The third-order valence-corrected chi connectivity index (χ3v) is 3.03. The van der Waals surface area contributed by atoms with E-state index in [0.717, 1.165) is 12.1 Å². The fraction of sp³-hybridized carbons (Fsp3) is 0.222. The Hall–Kier alpha value is -3.03. The second-order valence-electron chi connectivity index (χ2n) is 4.69. The Morgan fingerprint density at radius 2 is 1.65 bits per heavy atom. The van der Waals surface area contributed by atoms with E-state index in [1.807, 2.05) is 13.8 Å². The van der Waals surface area contributed by atoms with Crippen LogP contribution in [-0.2, 0) is 10.9 Å². The van der Waals surface area contributed by atoms with E-state index >= 15 is 0 Å². The van der Waals surface area contributed by atoms with E-state index in [-0.39, 0.29) is 19.8 Å². The van der Waals surface area contributed by atoms with Crippen LogP contribution in [0.15, 0.2) is 48.5 Å². The molecule has 0 aliphatic heterocycles. The van der Waals surface area contributed by atoms with Crippen LogP contribution < -0.4 is 10.6 Å². The number of alkyl halides is 3. The van der Waals surface area contributed by atoms with Crippen LogP contribution in [0.25, 0.3) is 0 Å². The lowest BCUT2D eigenvalue weighted by Crippen LogP contribution is -2.21. The monoisotopic (exact) mass is 372 g/mol. The van der Waals surface area contributed by atoms with E-state index in [0.29, 0.717) is 0 Å². The lowest BCUT2D eigenvalue weighted by Gasteiger charge is -2.12. The summed E-state index contributed by atoms with van der Waals surface area (Å²) >= 11 is 0. The summed E-state index contributed by atoms with van der Waals surface area (Å²) in [5, 5.41) is 4.69. The van der Waals surface area contributed by atoms with Gasteiger partial charge in [-0.15, -0.1) is 0 Å². The molecular formula is C18H23F3N2O3. The molecule has 26 heavy (non-hydrogen) atoms. The van der Waals surface area contributed by atoms with Crippen molar-refractivity contribution >= 4 is 23.4 Å². The van der Waals surface area contributed by atoms with E-state index < -0.39 is 23.7 Å². The number of ether oxygens (including phenoxy) is 1. The van der Waals surface area contributed by atoms with E-state index in [2.05, 4.69) is 15.4 Å². The van der Waals surface area contributed by atoms with Gasteiger partial charge in [-0.05, 0) is 30.3 Å². The molecule has 0 fully saturated rings. The van der Waals surface area contributed by atoms with E-state index in [4.69, 9.17) is 0 Å². The first-order valence-corrected chi connectivity index (χ1v) is 7.74. The van der Waals surface area contributed by atoms with Crippen molar-refractivity contribution in [2.24, 2.45) is 0 Å². The zero-order valence-corrected chi connectivity index (χ0v) is 14.5. The van der Waals surface area contributed by atoms with Gasteiger partial charge in [-0.3, -0.25) is 0 Å². The van der Waals surface area contributed by atoms with Crippen molar-refractivity contribution < 1.29 is 30.4 Å². The van der Waals surface area contributed by atoms with Crippen LogP contribution in [0.5, 0.6) is 0 Å². The summed E-state index contributed by atoms with van der Waals surface area (Å²) in [5.74, 6) is -0.648. The number of esters is 1. The minimum atomic E-state index is -4.51. The summed E-state index contributed by atoms with van der Waals surface area (Å²) in [6, 6.07) is 9.52. The molecule has 0 radical (unpaired) electrons. The number of para-hydroxylation sites is 1. The molecule has 0 saturated heterocycles. The van der Waals surface area contributed by atoms with Crippen LogP contribution in [0.4, 0.5) is 29.3 Å². The second-order valence-corrected chi connectivity index (χ2v) is 4.69. The van der Waals surface area contributed by atoms with Crippen LogP contribution in [0, 0.1) is 0 Å². The van der Waals surface area contributed by atoms with Gasteiger partial charge in [-0.25, -0.2) is 9.59 Å². The van der Waals surface area contributed by atoms with Crippen molar-refractivity contribution in [3.8, 4) is 0 Å². The molecule has 0 spiro atoms. The first-order valence-electron chi connectivity index (χ1n) is 7.74. The zero-order chi connectivity index (χ0) is 19.7. The van der Waals surface area contributed by atoms with Gasteiger partial charge in [-0.2, -0.15) is 13.2 Å². The fourth-order valence-corrected chi connectivity index (χ4v) is 1.94. The van der Waals surface area contributed by atoms with Crippen LogP contribution in [0.2, 0.25) is 0 Å². The molecule has 144 valence electrons. The predicted molar refractivity (Wildman–Crippen MR) is 97.4 cm³/mol. The Morgan fingerprint density at radius 3 is 2.27 bits per heavy atom. The fourth-order valence-electron chi connectivity index (χ4n) is 1.94. The topological polar surface area (TPSA) is 67.4 Å². The Labute approximate surface area is 152 Å². The van der Waals surface area contributed by atoms with Gasteiger partial charge in [-0.1, -0.05) is 32.0 Å². The van der Waals surface area contributed by atoms with Gasteiger partial charge in [0.15, 0.2) is 0 Å². The average molecular weight is 372 g/mol. The summed E-state index contributed by atoms with van der Waals surface area (Å²) in [7, 11) is 1.20. The van der Waals surface area contributed by atoms with Gasteiger partial charge < -0.3 is 15.4 Å². The quantitative estimate of drug-likeness (QED) is 0.684. The van der Waals surface area contributed by atoms with Crippen LogP contribution in [0.3, 0.4) is 0 Å². The number of amides is 2. The molecule has 0 unspecified atom stereocenters. The lowest BCUT2D eigenvalue weighted by molar-refractivity contribution is -0.137. The number of hydrogen-bond donors (Lipinski definition) is 2. The number of hydrogen-bond acceptors (Lipinski definition) is 3. The number of methoxy groups -OCH3 is 1. The van der Waals surface area contributed by atoms with Crippen molar-refractivity contribution in [1.82, 2.24) is 0 Å². The number of benzene rings is 2. The highest BCUT2D eigenvalue weighted by atomic mass is 19.4. The molecule has 2 N–H and O–H groups in total. The molecule has 8 heteroatoms. The van der Waals surface area contributed by atoms with E-state index in [1.165, 1.54) is 31.4 Å². The van der Waals surface area contributed by atoms with Crippen LogP contribution >= 0.6 is 0 Å². The summed E-state index contributed by atoms with van der Waals surface area (Å²) < 4.78 is 42.6. The molecule has 0 heterocycles. The van der Waals surface area contributed by atoms with Crippen molar-refractivity contribution in [2.75, 3.05) is 17.7 Å². The number of halogens is 3. The molecule has 2 aromatic carbocycles. The van der Waals surface area contributed by atoms with Gasteiger partial charge in [0, 0.05) is 8.54 Å². The van der Waals surface area contributed by atoms with Gasteiger partial charge in [0.1, 0.15) is 0 Å². The summed E-state index contributed by atoms with van der Waals surface area (Å²) in [5.41, 5.74) is -0.610. The molecule has 2 amide bonds. The van der Waals surface area contributed by atoms with Crippen molar-refractivity contribution in [1.29, 1.82) is 0 Å². The van der Waals surface area contributed by atoms with E-state index in [9.17, 15) is 22.8 Å². The zero-order valence-electron chi connectivity index (χ0n) is 14.5. The summed E-state index contributed by atoms with van der Waals surface area (Å²) in [4.78, 5) is 23.6. The number of carbonyl (C=O) groups excluding carboxylic acids is 2. The Morgan fingerprint density at radius 1 is 1.00 bits per heavy atom. The highest BCUT2D eigenvalue weighted by molar-refractivity contribution is 6.05. The maximum absolute atomic E-state index is 12.7. The number of urea groups is 1. The Kier molecular flexibility index (Phi) is 7.64. The van der Waals surface area contributed by atoms with Crippen molar-refractivity contribution in [3.63, 3.8) is 0 Å². The summed E-state index contributed by atoms with van der Waals surface area (Å²) in [6.45, 7) is 4.00. The number of rotatable bonds is 3.